The SMILES string of the molecule is CCCCCCCCCCCCCCCCN(C)NC. The van der Waals surface area contributed by atoms with Crippen LogP contribution in [0.1, 0.15) is 96.8 Å². The fraction of sp³-hybridized carbons (Fsp3) is 1.00. The van der Waals surface area contributed by atoms with Crippen molar-refractivity contribution in [1.29, 1.82) is 0 Å². The molecule has 0 aliphatic rings. The van der Waals surface area contributed by atoms with Crippen LogP contribution in [-0.2, 0) is 0 Å². The van der Waals surface area contributed by atoms with Gasteiger partial charge in [0.2, 0.25) is 0 Å². The second-order valence-corrected chi connectivity index (χ2v) is 6.24. The predicted molar refractivity (Wildman–Crippen MR) is 92.0 cm³/mol. The number of hydrazine groups is 1. The van der Waals surface area contributed by atoms with E-state index in [1.54, 1.807) is 0 Å². The van der Waals surface area contributed by atoms with Gasteiger partial charge in [-0.1, -0.05) is 90.4 Å². The molecule has 20 heavy (non-hydrogen) atoms. The van der Waals surface area contributed by atoms with Crippen LogP contribution >= 0.6 is 0 Å². The fourth-order valence-electron chi connectivity index (χ4n) is 2.66. The van der Waals surface area contributed by atoms with Crippen LogP contribution in [0, 0.1) is 0 Å². The van der Waals surface area contributed by atoms with Crippen molar-refractivity contribution in [2.45, 2.75) is 96.8 Å². The first kappa shape index (κ1) is 19.9. The van der Waals surface area contributed by atoms with Crippen molar-refractivity contribution in [3.8, 4) is 0 Å². The van der Waals surface area contributed by atoms with Crippen LogP contribution in [0.4, 0.5) is 0 Å². The standard InChI is InChI=1S/C18H40N2/c1-4-5-6-7-8-9-10-11-12-13-14-15-16-17-18-20(3)19-2/h19H,4-18H2,1-3H3. The van der Waals surface area contributed by atoms with E-state index < -0.39 is 0 Å². The molecule has 0 saturated carbocycles. The van der Waals surface area contributed by atoms with Gasteiger partial charge < -0.3 is 0 Å². The monoisotopic (exact) mass is 284 g/mol. The third-order valence-electron chi connectivity index (χ3n) is 4.23. The summed E-state index contributed by atoms with van der Waals surface area (Å²) in [6.07, 6.45) is 20.1. The van der Waals surface area contributed by atoms with Crippen molar-refractivity contribution >= 4 is 0 Å². The highest BCUT2D eigenvalue weighted by molar-refractivity contribution is 4.50. The summed E-state index contributed by atoms with van der Waals surface area (Å²) in [4.78, 5) is 0. The van der Waals surface area contributed by atoms with Gasteiger partial charge in [-0.15, -0.1) is 0 Å². The molecule has 2 nitrogen and oxygen atoms in total. The van der Waals surface area contributed by atoms with Gasteiger partial charge in [-0.05, 0) is 13.5 Å². The first-order valence-electron chi connectivity index (χ1n) is 9.19. The summed E-state index contributed by atoms with van der Waals surface area (Å²) in [5.41, 5.74) is 3.14. The molecule has 1 N–H and O–H groups in total. The minimum atomic E-state index is 1.18. The van der Waals surface area contributed by atoms with E-state index in [2.05, 4.69) is 24.4 Å². The van der Waals surface area contributed by atoms with E-state index in [1.807, 2.05) is 7.05 Å². The zero-order chi connectivity index (χ0) is 14.9. The van der Waals surface area contributed by atoms with E-state index in [0.717, 1.165) is 0 Å². The summed E-state index contributed by atoms with van der Waals surface area (Å²) >= 11 is 0. The Labute approximate surface area is 128 Å². The normalized spacial score (nSPS) is 11.4. The predicted octanol–water partition coefficient (Wildman–Crippen LogP) is 5.53. The molecule has 0 unspecified atom stereocenters. The Bertz CT molecular complexity index is 171. The zero-order valence-electron chi connectivity index (χ0n) is 14.6. The smallest absolute Gasteiger partial charge is 0.0127 e. The van der Waals surface area contributed by atoms with Gasteiger partial charge in [0.15, 0.2) is 0 Å². The van der Waals surface area contributed by atoms with Crippen LogP contribution in [-0.4, -0.2) is 25.6 Å². The first-order valence-corrected chi connectivity index (χ1v) is 9.19. The third-order valence-corrected chi connectivity index (χ3v) is 4.23. The zero-order valence-corrected chi connectivity index (χ0v) is 14.6. The van der Waals surface area contributed by atoms with E-state index in [9.17, 15) is 0 Å². The van der Waals surface area contributed by atoms with Crippen LogP contribution in [0.5, 0.6) is 0 Å². The molecule has 0 spiro atoms. The van der Waals surface area contributed by atoms with Gasteiger partial charge in [0.1, 0.15) is 0 Å². The molecule has 0 saturated heterocycles. The number of hydrogen-bond donors (Lipinski definition) is 1. The topological polar surface area (TPSA) is 15.3 Å². The highest BCUT2D eigenvalue weighted by Gasteiger charge is 1.95. The lowest BCUT2D eigenvalue weighted by Gasteiger charge is -2.14. The number of nitrogens with zero attached hydrogens (tertiary/aromatic N) is 1. The highest BCUT2D eigenvalue weighted by Crippen LogP contribution is 2.12. The van der Waals surface area contributed by atoms with E-state index >= 15 is 0 Å². The van der Waals surface area contributed by atoms with E-state index in [-0.39, 0.29) is 0 Å². The van der Waals surface area contributed by atoms with Crippen LogP contribution < -0.4 is 5.43 Å². The molecule has 0 aromatic rings. The molecule has 0 bridgehead atoms. The highest BCUT2D eigenvalue weighted by atomic mass is 15.5. The molecule has 0 atom stereocenters. The molecule has 122 valence electrons. The van der Waals surface area contributed by atoms with Gasteiger partial charge in [-0.25, -0.2) is 5.01 Å². The lowest BCUT2D eigenvalue weighted by molar-refractivity contribution is 0.254. The molecular weight excluding hydrogens is 244 g/mol. The van der Waals surface area contributed by atoms with Crippen molar-refractivity contribution in [1.82, 2.24) is 10.4 Å². The van der Waals surface area contributed by atoms with Crippen molar-refractivity contribution < 1.29 is 0 Å². The van der Waals surface area contributed by atoms with Crippen LogP contribution in [0.3, 0.4) is 0 Å². The first-order chi connectivity index (χ1) is 9.81. The summed E-state index contributed by atoms with van der Waals surface area (Å²) in [5.74, 6) is 0. The van der Waals surface area contributed by atoms with Gasteiger partial charge in [0.05, 0.1) is 0 Å². The van der Waals surface area contributed by atoms with Crippen molar-refractivity contribution in [2.24, 2.45) is 0 Å². The number of rotatable bonds is 16. The second kappa shape index (κ2) is 17.0. The van der Waals surface area contributed by atoms with Gasteiger partial charge in [-0.3, -0.25) is 5.43 Å². The number of hydrogen-bond acceptors (Lipinski definition) is 2. The summed E-state index contributed by atoms with van der Waals surface area (Å²) in [5, 5.41) is 2.17. The molecule has 0 aromatic heterocycles. The molecule has 2 heteroatoms. The van der Waals surface area contributed by atoms with E-state index in [4.69, 9.17) is 0 Å². The molecule has 0 aliphatic heterocycles. The Balaban J connectivity index is 2.96. The summed E-state index contributed by atoms with van der Waals surface area (Å²) in [6, 6.07) is 0. The van der Waals surface area contributed by atoms with Gasteiger partial charge in [-0.2, -0.15) is 0 Å². The van der Waals surface area contributed by atoms with Crippen molar-refractivity contribution in [3.63, 3.8) is 0 Å². The molecular formula is C18H40N2. The Morgan fingerprint density at radius 3 is 1.30 bits per heavy atom. The quantitative estimate of drug-likeness (QED) is 0.296. The van der Waals surface area contributed by atoms with E-state index in [0.29, 0.717) is 0 Å². The molecule has 0 amide bonds. The summed E-state index contributed by atoms with van der Waals surface area (Å²) in [6.45, 7) is 3.47. The maximum atomic E-state index is 3.14. The minimum absolute atomic E-state index is 1.18. The summed E-state index contributed by atoms with van der Waals surface area (Å²) in [7, 11) is 4.10. The maximum Gasteiger partial charge on any atom is 0.0127 e. The minimum Gasteiger partial charge on any atom is -0.259 e. The van der Waals surface area contributed by atoms with Crippen molar-refractivity contribution in [2.75, 3.05) is 20.6 Å². The maximum absolute atomic E-state index is 3.14. The average Bonchev–Trinajstić information content (AvgIpc) is 2.47. The third kappa shape index (κ3) is 16.0. The molecule has 0 aliphatic carbocycles. The molecule has 0 rings (SSSR count). The second-order valence-electron chi connectivity index (χ2n) is 6.24. The lowest BCUT2D eigenvalue weighted by atomic mass is 10.0. The van der Waals surface area contributed by atoms with Gasteiger partial charge >= 0.3 is 0 Å². The Hall–Kier alpha value is -0.0800. The van der Waals surface area contributed by atoms with Crippen LogP contribution in [0.2, 0.25) is 0 Å². The van der Waals surface area contributed by atoms with Gasteiger partial charge in [0.25, 0.3) is 0 Å². The Morgan fingerprint density at radius 2 is 0.950 bits per heavy atom. The molecule has 0 radical (unpaired) electrons. The largest absolute Gasteiger partial charge is 0.259 e. The summed E-state index contributed by atoms with van der Waals surface area (Å²) < 4.78 is 0. The molecule has 0 aromatic carbocycles. The molecule has 0 heterocycles. The lowest BCUT2D eigenvalue weighted by Crippen LogP contribution is -2.31. The van der Waals surface area contributed by atoms with Gasteiger partial charge in [0, 0.05) is 13.6 Å². The van der Waals surface area contributed by atoms with Crippen LogP contribution in [0.25, 0.3) is 0 Å². The Kier molecular flexibility index (Phi) is 16.9. The average molecular weight is 285 g/mol. The van der Waals surface area contributed by atoms with E-state index in [1.165, 1.54) is 96.4 Å². The number of unbranched alkanes of at least 4 members (excludes halogenated alkanes) is 13. The fourth-order valence-corrected chi connectivity index (χ4v) is 2.66. The van der Waals surface area contributed by atoms with Crippen LogP contribution in [0.15, 0.2) is 0 Å². The number of nitrogens with one attached hydrogen (secondary N) is 1. The van der Waals surface area contributed by atoms with Crippen molar-refractivity contribution in [3.05, 3.63) is 0 Å². The molecule has 0 fully saturated rings. The Morgan fingerprint density at radius 1 is 0.600 bits per heavy atom.